The number of nitrogens with one attached hydrogen (secondary N) is 1. The fourth-order valence-corrected chi connectivity index (χ4v) is 5.64. The number of ether oxygens (including phenoxy) is 1. The zero-order valence-corrected chi connectivity index (χ0v) is 24.5. The molecule has 0 saturated carbocycles. The summed E-state index contributed by atoms with van der Waals surface area (Å²) in [5, 5.41) is 8.07. The molecule has 12 heteroatoms. The Morgan fingerprint density at radius 1 is 1.07 bits per heavy atom. The average molecular weight is 609 g/mol. The van der Waals surface area contributed by atoms with Gasteiger partial charge in [-0.2, -0.15) is 4.99 Å². The molecule has 4 aromatic rings. The first-order valence-corrected chi connectivity index (χ1v) is 14.9. The molecule has 1 aliphatic heterocycles. The second-order valence-electron chi connectivity index (χ2n) is 10.2. The van der Waals surface area contributed by atoms with E-state index in [9.17, 15) is 18.0 Å². The number of urea groups is 1. The number of amides is 2. The number of carbonyl (C=O) groups is 1. The zero-order valence-electron chi connectivity index (χ0n) is 23.7. The Labute approximate surface area is 252 Å². The van der Waals surface area contributed by atoms with Gasteiger partial charge in [0.25, 0.3) is 0 Å². The lowest BCUT2D eigenvalue weighted by molar-refractivity contribution is -0.274. The lowest BCUT2D eigenvalue weighted by atomic mass is 10.0. The van der Waals surface area contributed by atoms with Crippen molar-refractivity contribution in [2.75, 3.05) is 23.7 Å². The second-order valence-corrected chi connectivity index (χ2v) is 11.3. The molecule has 43 heavy (non-hydrogen) atoms. The highest BCUT2D eigenvalue weighted by molar-refractivity contribution is 8.14. The van der Waals surface area contributed by atoms with Gasteiger partial charge in [-0.15, -0.1) is 18.3 Å². The summed E-state index contributed by atoms with van der Waals surface area (Å²) in [5.74, 6) is 1.44. The van der Waals surface area contributed by atoms with Gasteiger partial charge in [-0.05, 0) is 60.2 Å². The van der Waals surface area contributed by atoms with E-state index in [2.05, 4.69) is 56.0 Å². The van der Waals surface area contributed by atoms with E-state index in [-0.39, 0.29) is 11.8 Å². The van der Waals surface area contributed by atoms with E-state index in [1.807, 2.05) is 36.4 Å². The van der Waals surface area contributed by atoms with E-state index in [0.29, 0.717) is 24.0 Å². The van der Waals surface area contributed by atoms with Gasteiger partial charge in [-0.1, -0.05) is 68.1 Å². The van der Waals surface area contributed by atoms with Gasteiger partial charge in [0.15, 0.2) is 11.0 Å². The van der Waals surface area contributed by atoms with Crippen LogP contribution in [0, 0.1) is 0 Å². The molecule has 1 N–H and O–H groups in total. The third-order valence-electron chi connectivity index (χ3n) is 6.78. The molecule has 5 rings (SSSR count). The molecule has 8 nitrogen and oxygen atoms in total. The number of aryl methyl sites for hydroxylation is 1. The maximum atomic E-state index is 12.6. The number of anilines is 1. The molecule has 3 aromatic carbocycles. The minimum absolute atomic E-state index is 0.303. The standard InChI is InChI=1S/C31H31F3N6O2S/c1-21(2)26-7-3-4-8-27(26)39-18-19-43-30(39)37-29(41)35-17-5-6-22-9-11-23(12-10-22)28-36-20-40(38-28)24-13-15-25(16-14-24)42-31(32,33)34/h3-4,7-16,20-21H,5-6,17-19H2,1-2H3,(H,35,41). The van der Waals surface area contributed by atoms with Crippen molar-refractivity contribution in [3.05, 3.63) is 90.3 Å². The molecule has 0 bridgehead atoms. The van der Waals surface area contributed by atoms with Gasteiger partial charge in [0.1, 0.15) is 12.1 Å². The van der Waals surface area contributed by atoms with Crippen LogP contribution < -0.4 is 15.0 Å². The van der Waals surface area contributed by atoms with Crippen LogP contribution in [0.15, 0.2) is 84.1 Å². The van der Waals surface area contributed by atoms with Gasteiger partial charge in [0.05, 0.1) is 5.69 Å². The lowest BCUT2D eigenvalue weighted by Gasteiger charge is -2.22. The number of amidine groups is 1. The van der Waals surface area contributed by atoms with Crippen molar-refractivity contribution in [2.45, 2.75) is 39.0 Å². The molecule has 0 unspecified atom stereocenters. The van der Waals surface area contributed by atoms with Crippen LogP contribution in [0.2, 0.25) is 0 Å². The molecular formula is C31H31F3N6O2S. The number of hydrogen-bond donors (Lipinski definition) is 1. The average Bonchev–Trinajstić information content (AvgIpc) is 3.66. The summed E-state index contributed by atoms with van der Waals surface area (Å²) in [4.78, 5) is 23.4. The molecule has 1 fully saturated rings. The maximum absolute atomic E-state index is 12.6. The predicted octanol–water partition coefficient (Wildman–Crippen LogP) is 7.21. The highest BCUT2D eigenvalue weighted by Gasteiger charge is 2.31. The minimum Gasteiger partial charge on any atom is -0.406 e. The van der Waals surface area contributed by atoms with Gasteiger partial charge in [0.2, 0.25) is 0 Å². The maximum Gasteiger partial charge on any atom is 0.573 e. The normalized spacial score (nSPS) is 14.5. The third kappa shape index (κ3) is 7.95. The topological polar surface area (TPSA) is 84.6 Å². The summed E-state index contributed by atoms with van der Waals surface area (Å²) in [7, 11) is 0. The number of para-hydroxylation sites is 1. The molecule has 0 spiro atoms. The fraction of sp³-hybridized carbons (Fsp3) is 0.290. The summed E-state index contributed by atoms with van der Waals surface area (Å²) in [5.41, 5.74) is 4.80. The van der Waals surface area contributed by atoms with Crippen molar-refractivity contribution in [3.8, 4) is 22.8 Å². The molecule has 2 amide bonds. The number of thioether (sulfide) groups is 1. The Balaban J connectivity index is 1.11. The number of carbonyl (C=O) groups excluding carboxylic acids is 1. The number of halogens is 3. The Kier molecular flexibility index (Phi) is 9.34. The lowest BCUT2D eigenvalue weighted by Crippen LogP contribution is -2.28. The van der Waals surface area contributed by atoms with E-state index >= 15 is 0 Å². The van der Waals surface area contributed by atoms with Crippen molar-refractivity contribution in [3.63, 3.8) is 0 Å². The zero-order chi connectivity index (χ0) is 30.4. The smallest absolute Gasteiger partial charge is 0.406 e. The summed E-state index contributed by atoms with van der Waals surface area (Å²) in [6.07, 6.45) is -1.71. The number of alkyl halides is 3. The summed E-state index contributed by atoms with van der Waals surface area (Å²) in [6.45, 7) is 5.65. The molecule has 0 radical (unpaired) electrons. The summed E-state index contributed by atoms with van der Waals surface area (Å²) >= 11 is 1.59. The number of hydrogen-bond acceptors (Lipinski definition) is 5. The highest BCUT2D eigenvalue weighted by Crippen LogP contribution is 2.32. The molecule has 0 atom stereocenters. The van der Waals surface area contributed by atoms with E-state index < -0.39 is 6.36 Å². The largest absolute Gasteiger partial charge is 0.573 e. The molecule has 1 aliphatic rings. The second kappa shape index (κ2) is 13.3. The van der Waals surface area contributed by atoms with Crippen molar-refractivity contribution in [1.29, 1.82) is 0 Å². The van der Waals surface area contributed by atoms with Crippen LogP contribution in [0.5, 0.6) is 5.75 Å². The van der Waals surface area contributed by atoms with Crippen molar-refractivity contribution in [2.24, 2.45) is 4.99 Å². The molecule has 0 aliphatic carbocycles. The van der Waals surface area contributed by atoms with Gasteiger partial charge < -0.3 is 15.0 Å². The van der Waals surface area contributed by atoms with Crippen LogP contribution in [-0.2, 0) is 6.42 Å². The number of aliphatic imine (C=N–C) groups is 1. The highest BCUT2D eigenvalue weighted by atomic mass is 32.2. The fourth-order valence-electron chi connectivity index (χ4n) is 4.69. The van der Waals surface area contributed by atoms with Gasteiger partial charge >= 0.3 is 12.4 Å². The van der Waals surface area contributed by atoms with E-state index in [4.69, 9.17) is 0 Å². The van der Waals surface area contributed by atoms with Crippen LogP contribution in [0.4, 0.5) is 23.7 Å². The van der Waals surface area contributed by atoms with Crippen LogP contribution in [0.3, 0.4) is 0 Å². The van der Waals surface area contributed by atoms with E-state index in [1.54, 1.807) is 11.8 Å². The molecule has 1 aromatic heterocycles. The Bertz CT molecular complexity index is 1570. The predicted molar refractivity (Wildman–Crippen MR) is 163 cm³/mol. The summed E-state index contributed by atoms with van der Waals surface area (Å²) in [6, 6.07) is 21.1. The van der Waals surface area contributed by atoms with Gasteiger partial charge in [0, 0.05) is 30.1 Å². The molecule has 2 heterocycles. The SMILES string of the molecule is CC(C)c1ccccc1N1CCSC1=NC(=O)NCCCc1ccc(-c2ncn(-c3ccc(OC(F)(F)F)cc3)n2)cc1. The van der Waals surface area contributed by atoms with Crippen LogP contribution >= 0.6 is 11.8 Å². The number of benzene rings is 3. The first-order chi connectivity index (χ1) is 20.7. The van der Waals surface area contributed by atoms with E-state index in [1.165, 1.54) is 40.8 Å². The number of rotatable bonds is 9. The van der Waals surface area contributed by atoms with E-state index in [0.717, 1.165) is 47.1 Å². The monoisotopic (exact) mass is 608 g/mol. The minimum atomic E-state index is -4.74. The number of aromatic nitrogens is 3. The van der Waals surface area contributed by atoms with Crippen LogP contribution in [-0.4, -0.2) is 51.2 Å². The van der Waals surface area contributed by atoms with Crippen LogP contribution in [0.25, 0.3) is 17.1 Å². The van der Waals surface area contributed by atoms with Gasteiger partial charge in [-0.3, -0.25) is 0 Å². The van der Waals surface area contributed by atoms with Gasteiger partial charge in [-0.25, -0.2) is 14.5 Å². The van der Waals surface area contributed by atoms with Crippen LogP contribution in [0.1, 0.15) is 37.3 Å². The van der Waals surface area contributed by atoms with Crippen molar-refractivity contribution < 1.29 is 22.7 Å². The number of nitrogens with zero attached hydrogens (tertiary/aromatic N) is 5. The third-order valence-corrected chi connectivity index (χ3v) is 7.74. The Hall–Kier alpha value is -4.32. The first-order valence-electron chi connectivity index (χ1n) is 13.9. The molecule has 224 valence electrons. The first kappa shape index (κ1) is 30.1. The Morgan fingerprint density at radius 2 is 1.81 bits per heavy atom. The Morgan fingerprint density at radius 3 is 2.53 bits per heavy atom. The quantitative estimate of drug-likeness (QED) is 0.202. The van der Waals surface area contributed by atoms with Crippen molar-refractivity contribution in [1.82, 2.24) is 20.1 Å². The summed E-state index contributed by atoms with van der Waals surface area (Å²) < 4.78 is 42.6. The molecule has 1 saturated heterocycles. The molecular weight excluding hydrogens is 577 g/mol. The van der Waals surface area contributed by atoms with Crippen molar-refractivity contribution >= 4 is 28.6 Å².